The Kier molecular flexibility index (Phi) is 6.19. The average molecular weight is 367 g/mol. The van der Waals surface area contributed by atoms with Crippen LogP contribution in [-0.2, 0) is 0 Å². The van der Waals surface area contributed by atoms with Crippen molar-refractivity contribution in [2.75, 3.05) is 39.1 Å². The van der Waals surface area contributed by atoms with Crippen LogP contribution >= 0.6 is 11.6 Å². The first kappa shape index (κ1) is 18.5. The third-order valence-electron chi connectivity index (χ3n) is 3.38. The fraction of sp³-hybridized carbons (Fsp3) is 0.235. The van der Waals surface area contributed by atoms with Crippen molar-refractivity contribution in [2.24, 2.45) is 0 Å². The molecule has 2 aromatic carbocycles. The van der Waals surface area contributed by atoms with E-state index in [1.165, 1.54) is 28.4 Å². The molecule has 2 amide bonds. The van der Waals surface area contributed by atoms with E-state index in [1.807, 2.05) is 0 Å². The number of rotatable bonds is 6. The molecule has 0 radical (unpaired) electrons. The first-order valence-corrected chi connectivity index (χ1v) is 7.61. The van der Waals surface area contributed by atoms with Crippen LogP contribution in [0.15, 0.2) is 30.3 Å². The minimum Gasteiger partial charge on any atom is -0.497 e. The van der Waals surface area contributed by atoms with Gasteiger partial charge in [-0.2, -0.15) is 0 Å². The van der Waals surface area contributed by atoms with Gasteiger partial charge in [0.25, 0.3) is 0 Å². The van der Waals surface area contributed by atoms with Crippen molar-refractivity contribution in [1.82, 2.24) is 0 Å². The number of amides is 2. The highest BCUT2D eigenvalue weighted by atomic mass is 35.5. The minimum absolute atomic E-state index is 0.375. The Labute approximate surface area is 150 Å². The maximum Gasteiger partial charge on any atom is 0.323 e. The highest BCUT2D eigenvalue weighted by molar-refractivity contribution is 6.32. The van der Waals surface area contributed by atoms with E-state index in [-0.39, 0.29) is 0 Å². The standard InChI is InChI=1S/C17H19ClN2O5/c1-22-10-5-6-14(23-2)12(7-10)19-17(21)20-13-9-15(24-3)11(18)8-16(13)25-4/h5-9H,1-4H3,(H2,19,20,21). The van der Waals surface area contributed by atoms with Gasteiger partial charge >= 0.3 is 6.03 Å². The quantitative estimate of drug-likeness (QED) is 0.807. The highest BCUT2D eigenvalue weighted by Gasteiger charge is 2.14. The molecule has 0 aliphatic carbocycles. The predicted octanol–water partition coefficient (Wildman–Crippen LogP) is 4.02. The summed E-state index contributed by atoms with van der Waals surface area (Å²) < 4.78 is 20.8. The second-order valence-electron chi connectivity index (χ2n) is 4.83. The summed E-state index contributed by atoms with van der Waals surface area (Å²) in [6.45, 7) is 0. The van der Waals surface area contributed by atoms with E-state index < -0.39 is 6.03 Å². The Balaban J connectivity index is 2.23. The van der Waals surface area contributed by atoms with E-state index in [1.54, 1.807) is 30.3 Å². The minimum atomic E-state index is -0.491. The van der Waals surface area contributed by atoms with Crippen LogP contribution < -0.4 is 29.6 Å². The summed E-state index contributed by atoms with van der Waals surface area (Å²) in [4.78, 5) is 12.4. The number of benzene rings is 2. The Morgan fingerprint density at radius 2 is 1.40 bits per heavy atom. The number of urea groups is 1. The Hall–Kier alpha value is -2.80. The van der Waals surface area contributed by atoms with Gasteiger partial charge in [-0.25, -0.2) is 4.79 Å². The van der Waals surface area contributed by atoms with Gasteiger partial charge in [0.15, 0.2) is 0 Å². The largest absolute Gasteiger partial charge is 0.497 e. The molecule has 0 aliphatic heterocycles. The third-order valence-corrected chi connectivity index (χ3v) is 3.67. The van der Waals surface area contributed by atoms with E-state index in [4.69, 9.17) is 30.5 Å². The molecule has 0 bridgehead atoms. The summed E-state index contributed by atoms with van der Waals surface area (Å²) >= 11 is 6.06. The summed E-state index contributed by atoms with van der Waals surface area (Å²) in [5.41, 5.74) is 0.863. The van der Waals surface area contributed by atoms with Crippen LogP contribution in [0, 0.1) is 0 Å². The summed E-state index contributed by atoms with van der Waals surface area (Å²) in [6, 6.07) is 7.72. The van der Waals surface area contributed by atoms with Gasteiger partial charge in [0.1, 0.15) is 23.0 Å². The van der Waals surface area contributed by atoms with Crippen molar-refractivity contribution in [3.05, 3.63) is 35.4 Å². The second kappa shape index (κ2) is 8.34. The smallest absolute Gasteiger partial charge is 0.323 e. The molecule has 2 aromatic rings. The number of methoxy groups -OCH3 is 4. The fourth-order valence-electron chi connectivity index (χ4n) is 2.15. The van der Waals surface area contributed by atoms with Crippen LogP contribution in [0.4, 0.5) is 16.2 Å². The summed E-state index contributed by atoms with van der Waals surface area (Å²) in [5, 5.41) is 5.77. The topological polar surface area (TPSA) is 78.1 Å². The fourth-order valence-corrected chi connectivity index (χ4v) is 2.38. The molecule has 0 fully saturated rings. The van der Waals surface area contributed by atoms with Gasteiger partial charge in [-0.15, -0.1) is 0 Å². The molecule has 2 N–H and O–H groups in total. The lowest BCUT2D eigenvalue weighted by Crippen LogP contribution is -2.20. The van der Waals surface area contributed by atoms with Crippen molar-refractivity contribution in [2.45, 2.75) is 0 Å². The lowest BCUT2D eigenvalue weighted by molar-refractivity contribution is 0.262. The molecular formula is C17H19ClN2O5. The van der Waals surface area contributed by atoms with E-state index in [9.17, 15) is 4.79 Å². The monoisotopic (exact) mass is 366 g/mol. The Bertz CT molecular complexity index is 767. The van der Waals surface area contributed by atoms with Gasteiger partial charge in [0.2, 0.25) is 0 Å². The van der Waals surface area contributed by atoms with Gasteiger partial charge in [0.05, 0.1) is 44.8 Å². The molecule has 0 aromatic heterocycles. The lowest BCUT2D eigenvalue weighted by Gasteiger charge is -2.15. The summed E-state index contributed by atoms with van der Waals surface area (Å²) in [5.74, 6) is 1.90. The van der Waals surface area contributed by atoms with Crippen molar-refractivity contribution < 1.29 is 23.7 Å². The Morgan fingerprint density at radius 3 is 1.96 bits per heavy atom. The second-order valence-corrected chi connectivity index (χ2v) is 5.24. The molecule has 0 aliphatic rings. The number of ether oxygens (including phenoxy) is 4. The van der Waals surface area contributed by atoms with Crippen molar-refractivity contribution >= 4 is 29.0 Å². The number of halogens is 1. The third kappa shape index (κ3) is 4.39. The number of anilines is 2. The van der Waals surface area contributed by atoms with Gasteiger partial charge in [-0.1, -0.05) is 11.6 Å². The molecule has 8 heteroatoms. The first-order valence-electron chi connectivity index (χ1n) is 7.24. The summed E-state index contributed by atoms with van der Waals surface area (Å²) in [7, 11) is 6.01. The van der Waals surface area contributed by atoms with Crippen LogP contribution in [0.1, 0.15) is 0 Å². The number of hydrogen-bond donors (Lipinski definition) is 2. The zero-order valence-corrected chi connectivity index (χ0v) is 15.1. The molecule has 25 heavy (non-hydrogen) atoms. The Morgan fingerprint density at radius 1 is 0.800 bits per heavy atom. The molecule has 0 heterocycles. The van der Waals surface area contributed by atoms with Crippen LogP contribution in [0.5, 0.6) is 23.0 Å². The van der Waals surface area contributed by atoms with Gasteiger partial charge in [0, 0.05) is 18.2 Å². The maximum absolute atomic E-state index is 12.4. The van der Waals surface area contributed by atoms with Gasteiger partial charge in [-0.3, -0.25) is 0 Å². The molecule has 0 atom stereocenters. The molecule has 0 saturated carbocycles. The number of nitrogens with one attached hydrogen (secondary N) is 2. The van der Waals surface area contributed by atoms with Gasteiger partial charge < -0.3 is 29.6 Å². The molecule has 7 nitrogen and oxygen atoms in total. The summed E-state index contributed by atoms with van der Waals surface area (Å²) in [6.07, 6.45) is 0. The van der Waals surface area contributed by atoms with E-state index in [0.29, 0.717) is 39.4 Å². The molecular weight excluding hydrogens is 348 g/mol. The van der Waals surface area contributed by atoms with Crippen LogP contribution in [0.2, 0.25) is 5.02 Å². The number of carbonyl (C=O) groups excluding carboxylic acids is 1. The maximum atomic E-state index is 12.4. The van der Waals surface area contributed by atoms with Crippen LogP contribution in [0.25, 0.3) is 0 Å². The average Bonchev–Trinajstić information content (AvgIpc) is 2.62. The highest BCUT2D eigenvalue weighted by Crippen LogP contribution is 2.36. The van der Waals surface area contributed by atoms with Crippen LogP contribution in [-0.4, -0.2) is 34.5 Å². The predicted molar refractivity (Wildman–Crippen MR) is 96.7 cm³/mol. The number of carbonyl (C=O) groups is 1. The van der Waals surface area contributed by atoms with E-state index in [0.717, 1.165) is 0 Å². The molecule has 2 rings (SSSR count). The normalized spacial score (nSPS) is 9.96. The SMILES string of the molecule is COc1ccc(OC)c(NC(=O)Nc2cc(OC)c(Cl)cc2OC)c1. The molecule has 0 saturated heterocycles. The molecule has 134 valence electrons. The van der Waals surface area contributed by atoms with Crippen molar-refractivity contribution in [1.29, 1.82) is 0 Å². The van der Waals surface area contributed by atoms with E-state index >= 15 is 0 Å². The van der Waals surface area contributed by atoms with E-state index in [2.05, 4.69) is 10.6 Å². The van der Waals surface area contributed by atoms with Crippen molar-refractivity contribution in [3.8, 4) is 23.0 Å². The molecule has 0 unspecified atom stereocenters. The zero-order valence-electron chi connectivity index (χ0n) is 14.3. The zero-order chi connectivity index (χ0) is 18.4. The first-order chi connectivity index (χ1) is 12.0. The molecule has 0 spiro atoms. The lowest BCUT2D eigenvalue weighted by atomic mass is 10.2. The number of hydrogen-bond acceptors (Lipinski definition) is 5. The van der Waals surface area contributed by atoms with Crippen LogP contribution in [0.3, 0.4) is 0 Å². The van der Waals surface area contributed by atoms with Crippen molar-refractivity contribution in [3.63, 3.8) is 0 Å². The van der Waals surface area contributed by atoms with Gasteiger partial charge in [-0.05, 0) is 12.1 Å².